The van der Waals surface area contributed by atoms with Crippen molar-refractivity contribution in [3.63, 3.8) is 0 Å². The van der Waals surface area contributed by atoms with Gasteiger partial charge in [0.2, 0.25) is 5.88 Å². The van der Waals surface area contributed by atoms with E-state index in [-0.39, 0.29) is 6.61 Å². The first kappa shape index (κ1) is 12.9. The molecule has 0 atom stereocenters. The number of hydrogen-bond donors (Lipinski definition) is 1. The molecule has 0 aliphatic rings. The molecule has 1 aromatic rings. The first-order valence-electron chi connectivity index (χ1n) is 5.50. The van der Waals surface area contributed by atoms with Crippen LogP contribution in [0.15, 0.2) is 12.1 Å². The summed E-state index contributed by atoms with van der Waals surface area (Å²) < 4.78 is 10.6. The van der Waals surface area contributed by atoms with Crippen molar-refractivity contribution in [2.75, 3.05) is 19.8 Å². The molecule has 0 aliphatic carbocycles. The maximum Gasteiger partial charge on any atom is 0.233 e. The van der Waals surface area contributed by atoms with Gasteiger partial charge < -0.3 is 14.6 Å². The molecule has 0 saturated heterocycles. The second-order valence-corrected chi connectivity index (χ2v) is 3.34. The summed E-state index contributed by atoms with van der Waals surface area (Å²) in [7, 11) is 0. The van der Waals surface area contributed by atoms with Gasteiger partial charge in [0.1, 0.15) is 6.61 Å². The molecule has 1 N–H and O–H groups in total. The van der Waals surface area contributed by atoms with Gasteiger partial charge in [0, 0.05) is 12.7 Å². The van der Waals surface area contributed by atoms with E-state index < -0.39 is 0 Å². The van der Waals surface area contributed by atoms with Crippen LogP contribution >= 0.6 is 0 Å². The average Bonchev–Trinajstić information content (AvgIpc) is 2.34. The van der Waals surface area contributed by atoms with E-state index in [4.69, 9.17) is 14.6 Å². The molecule has 0 aromatic carbocycles. The number of ether oxygens (including phenoxy) is 2. The molecule has 0 fully saturated rings. The fourth-order valence-electron chi connectivity index (χ4n) is 1.06. The Labute approximate surface area is 95.4 Å². The van der Waals surface area contributed by atoms with Gasteiger partial charge in [-0.1, -0.05) is 13.3 Å². The number of nitrogens with zero attached hydrogens (tertiary/aromatic N) is 2. The molecule has 0 radical (unpaired) electrons. The Morgan fingerprint density at radius 1 is 1.19 bits per heavy atom. The van der Waals surface area contributed by atoms with Gasteiger partial charge in [-0.3, -0.25) is 0 Å². The SMILES string of the molecule is CCCCOCCOc1ccc(CO)nn1. The molecule has 0 unspecified atom stereocenters. The summed E-state index contributed by atoms with van der Waals surface area (Å²) in [4.78, 5) is 0. The van der Waals surface area contributed by atoms with Crippen LogP contribution in [-0.4, -0.2) is 35.1 Å². The Hall–Kier alpha value is -1.20. The van der Waals surface area contributed by atoms with E-state index in [0.29, 0.717) is 24.8 Å². The second kappa shape index (κ2) is 8.01. The highest BCUT2D eigenvalue weighted by Gasteiger charge is 1.97. The summed E-state index contributed by atoms with van der Waals surface area (Å²) in [5, 5.41) is 16.3. The smallest absolute Gasteiger partial charge is 0.233 e. The van der Waals surface area contributed by atoms with Crippen LogP contribution in [0.4, 0.5) is 0 Å². The Balaban J connectivity index is 2.12. The monoisotopic (exact) mass is 226 g/mol. The van der Waals surface area contributed by atoms with Gasteiger partial charge in [0.05, 0.1) is 18.9 Å². The number of aliphatic hydroxyl groups is 1. The topological polar surface area (TPSA) is 64.5 Å². The molecular weight excluding hydrogens is 208 g/mol. The van der Waals surface area contributed by atoms with Crippen molar-refractivity contribution in [3.05, 3.63) is 17.8 Å². The number of aromatic nitrogens is 2. The zero-order valence-corrected chi connectivity index (χ0v) is 9.56. The van der Waals surface area contributed by atoms with E-state index in [1.54, 1.807) is 12.1 Å². The zero-order chi connectivity index (χ0) is 11.6. The van der Waals surface area contributed by atoms with Crippen LogP contribution in [0.3, 0.4) is 0 Å². The maximum atomic E-state index is 8.76. The van der Waals surface area contributed by atoms with Gasteiger partial charge in [0.15, 0.2) is 0 Å². The van der Waals surface area contributed by atoms with Crippen LogP contribution in [0.1, 0.15) is 25.5 Å². The lowest BCUT2D eigenvalue weighted by Gasteiger charge is -2.05. The van der Waals surface area contributed by atoms with Crippen molar-refractivity contribution in [2.24, 2.45) is 0 Å². The lowest BCUT2D eigenvalue weighted by molar-refractivity contribution is 0.0961. The minimum absolute atomic E-state index is 0.104. The van der Waals surface area contributed by atoms with Crippen LogP contribution in [0.5, 0.6) is 5.88 Å². The fraction of sp³-hybridized carbons (Fsp3) is 0.636. The highest BCUT2D eigenvalue weighted by molar-refractivity contribution is 5.10. The molecule has 1 aromatic heterocycles. The molecule has 0 bridgehead atoms. The quantitative estimate of drug-likeness (QED) is 0.674. The Morgan fingerprint density at radius 3 is 2.69 bits per heavy atom. The van der Waals surface area contributed by atoms with Crippen LogP contribution in [-0.2, 0) is 11.3 Å². The van der Waals surface area contributed by atoms with Gasteiger partial charge in [-0.25, -0.2) is 0 Å². The maximum absolute atomic E-state index is 8.76. The Kier molecular flexibility index (Phi) is 6.44. The van der Waals surface area contributed by atoms with Crippen molar-refractivity contribution < 1.29 is 14.6 Å². The number of rotatable bonds is 8. The summed E-state index contributed by atoms with van der Waals surface area (Å²) in [6, 6.07) is 3.37. The summed E-state index contributed by atoms with van der Waals surface area (Å²) in [5.74, 6) is 0.455. The Bertz CT molecular complexity index is 277. The standard InChI is InChI=1S/C11H18N2O3/c1-2-3-6-15-7-8-16-11-5-4-10(9-14)12-13-11/h4-5,14H,2-3,6-9H2,1H3. The minimum atomic E-state index is -0.104. The van der Waals surface area contributed by atoms with Gasteiger partial charge in [-0.15, -0.1) is 10.2 Å². The van der Waals surface area contributed by atoms with E-state index in [0.717, 1.165) is 19.4 Å². The summed E-state index contributed by atoms with van der Waals surface area (Å²) in [6.45, 7) is 3.82. The number of unbranched alkanes of at least 4 members (excludes halogenated alkanes) is 1. The van der Waals surface area contributed by atoms with Crippen LogP contribution < -0.4 is 4.74 Å². The number of aliphatic hydroxyl groups excluding tert-OH is 1. The predicted molar refractivity (Wildman–Crippen MR) is 59.2 cm³/mol. The normalized spacial score (nSPS) is 10.4. The van der Waals surface area contributed by atoms with Crippen molar-refractivity contribution in [1.82, 2.24) is 10.2 Å². The highest BCUT2D eigenvalue weighted by atomic mass is 16.5. The summed E-state index contributed by atoms with van der Waals surface area (Å²) >= 11 is 0. The van der Waals surface area contributed by atoms with E-state index in [1.807, 2.05) is 0 Å². The van der Waals surface area contributed by atoms with Gasteiger partial charge in [-0.05, 0) is 12.5 Å². The van der Waals surface area contributed by atoms with Gasteiger partial charge >= 0.3 is 0 Å². The second-order valence-electron chi connectivity index (χ2n) is 3.34. The van der Waals surface area contributed by atoms with E-state index in [1.165, 1.54) is 0 Å². The predicted octanol–water partition coefficient (Wildman–Crippen LogP) is 1.16. The average molecular weight is 226 g/mol. The molecule has 0 aliphatic heterocycles. The molecule has 5 heteroatoms. The third-order valence-electron chi connectivity index (χ3n) is 1.98. The molecule has 0 amide bonds. The molecule has 0 spiro atoms. The van der Waals surface area contributed by atoms with Crippen LogP contribution in [0, 0.1) is 0 Å². The largest absolute Gasteiger partial charge is 0.474 e. The van der Waals surface area contributed by atoms with Crippen molar-refractivity contribution in [2.45, 2.75) is 26.4 Å². The van der Waals surface area contributed by atoms with E-state index in [9.17, 15) is 0 Å². The van der Waals surface area contributed by atoms with Crippen molar-refractivity contribution in [1.29, 1.82) is 0 Å². The minimum Gasteiger partial charge on any atom is -0.474 e. The van der Waals surface area contributed by atoms with Crippen LogP contribution in [0.2, 0.25) is 0 Å². The molecule has 1 rings (SSSR count). The number of hydrogen-bond acceptors (Lipinski definition) is 5. The summed E-state index contributed by atoms with van der Waals surface area (Å²) in [5.41, 5.74) is 0.534. The lowest BCUT2D eigenvalue weighted by atomic mass is 10.4. The van der Waals surface area contributed by atoms with E-state index >= 15 is 0 Å². The summed E-state index contributed by atoms with van der Waals surface area (Å²) in [6.07, 6.45) is 2.21. The van der Waals surface area contributed by atoms with Gasteiger partial charge in [0.25, 0.3) is 0 Å². The lowest BCUT2D eigenvalue weighted by Crippen LogP contribution is -2.08. The third-order valence-corrected chi connectivity index (χ3v) is 1.98. The molecule has 5 nitrogen and oxygen atoms in total. The fourth-order valence-corrected chi connectivity index (χ4v) is 1.06. The van der Waals surface area contributed by atoms with Crippen LogP contribution in [0.25, 0.3) is 0 Å². The first-order valence-corrected chi connectivity index (χ1v) is 5.50. The van der Waals surface area contributed by atoms with E-state index in [2.05, 4.69) is 17.1 Å². The Morgan fingerprint density at radius 2 is 2.06 bits per heavy atom. The zero-order valence-electron chi connectivity index (χ0n) is 9.56. The molecule has 1 heterocycles. The molecule has 16 heavy (non-hydrogen) atoms. The third kappa shape index (κ3) is 5.04. The molecule has 90 valence electrons. The molecule has 0 saturated carbocycles. The van der Waals surface area contributed by atoms with Gasteiger partial charge in [-0.2, -0.15) is 0 Å². The molecular formula is C11H18N2O3. The highest BCUT2D eigenvalue weighted by Crippen LogP contribution is 2.04. The first-order chi connectivity index (χ1) is 7.86. The van der Waals surface area contributed by atoms with Crippen molar-refractivity contribution in [3.8, 4) is 5.88 Å². The van der Waals surface area contributed by atoms with Crippen molar-refractivity contribution >= 4 is 0 Å².